The second-order valence-corrected chi connectivity index (χ2v) is 4.25. The number of esters is 1. The van der Waals surface area contributed by atoms with Gasteiger partial charge in [-0.15, -0.1) is 0 Å². The van der Waals surface area contributed by atoms with E-state index >= 15 is 0 Å². The topological polar surface area (TPSA) is 58.6 Å². The number of aliphatic hydroxyl groups is 1. The number of anilines is 1. The summed E-state index contributed by atoms with van der Waals surface area (Å²) in [5.74, 6) is 0.634. The Hall–Kier alpha value is -1.55. The molecule has 1 rings (SSSR count). The molecule has 0 atom stereocenters. The molecule has 0 spiro atoms. The van der Waals surface area contributed by atoms with Gasteiger partial charge >= 0.3 is 5.97 Å². The van der Waals surface area contributed by atoms with Crippen LogP contribution in [0.2, 0.25) is 0 Å². The fourth-order valence-corrected chi connectivity index (χ4v) is 1.35. The standard InChI is InChI=1S/C13H19NO3/c1-10(2)9-13(16)17-12-5-3-11(4-6-12)14-7-8-15/h3-6,10,14-15H,7-9H2,1-2H3. The molecule has 2 N–H and O–H groups in total. The minimum atomic E-state index is -0.212. The first-order chi connectivity index (χ1) is 8.11. The number of benzene rings is 1. The fourth-order valence-electron chi connectivity index (χ4n) is 1.35. The van der Waals surface area contributed by atoms with Gasteiger partial charge in [-0.25, -0.2) is 0 Å². The predicted molar refractivity (Wildman–Crippen MR) is 67.1 cm³/mol. The van der Waals surface area contributed by atoms with Crippen LogP contribution in [-0.2, 0) is 4.79 Å². The van der Waals surface area contributed by atoms with E-state index in [1.165, 1.54) is 0 Å². The molecule has 0 aliphatic heterocycles. The van der Waals surface area contributed by atoms with Gasteiger partial charge in [-0.2, -0.15) is 0 Å². The van der Waals surface area contributed by atoms with Crippen LogP contribution in [0.3, 0.4) is 0 Å². The number of hydrogen-bond acceptors (Lipinski definition) is 4. The van der Waals surface area contributed by atoms with Gasteiger partial charge in [-0.1, -0.05) is 13.8 Å². The molecular weight excluding hydrogens is 218 g/mol. The lowest BCUT2D eigenvalue weighted by molar-refractivity contribution is -0.135. The van der Waals surface area contributed by atoms with Crippen molar-refractivity contribution in [3.05, 3.63) is 24.3 Å². The van der Waals surface area contributed by atoms with Crippen molar-refractivity contribution in [2.75, 3.05) is 18.5 Å². The predicted octanol–water partition coefficient (Wildman–Crippen LogP) is 2.04. The molecule has 17 heavy (non-hydrogen) atoms. The third-order valence-electron chi connectivity index (χ3n) is 2.10. The summed E-state index contributed by atoms with van der Waals surface area (Å²) < 4.78 is 5.17. The SMILES string of the molecule is CC(C)CC(=O)Oc1ccc(NCCO)cc1. The molecule has 4 heteroatoms. The maximum absolute atomic E-state index is 11.4. The second-order valence-electron chi connectivity index (χ2n) is 4.25. The fraction of sp³-hybridized carbons (Fsp3) is 0.462. The van der Waals surface area contributed by atoms with Crippen LogP contribution in [0.1, 0.15) is 20.3 Å². The second kappa shape index (κ2) is 6.91. The lowest BCUT2D eigenvalue weighted by atomic mass is 10.1. The van der Waals surface area contributed by atoms with E-state index in [1.807, 2.05) is 26.0 Å². The zero-order valence-corrected chi connectivity index (χ0v) is 10.3. The van der Waals surface area contributed by atoms with Gasteiger partial charge in [0.2, 0.25) is 0 Å². The highest BCUT2D eigenvalue weighted by atomic mass is 16.5. The highest BCUT2D eigenvalue weighted by molar-refractivity contribution is 5.72. The highest BCUT2D eigenvalue weighted by Crippen LogP contribution is 2.16. The van der Waals surface area contributed by atoms with Crippen molar-refractivity contribution < 1.29 is 14.6 Å². The number of hydrogen-bond donors (Lipinski definition) is 2. The lowest BCUT2D eigenvalue weighted by Crippen LogP contribution is -2.10. The van der Waals surface area contributed by atoms with Crippen LogP contribution >= 0.6 is 0 Å². The summed E-state index contributed by atoms with van der Waals surface area (Å²) in [4.78, 5) is 11.4. The maximum atomic E-state index is 11.4. The van der Waals surface area contributed by atoms with Crippen molar-refractivity contribution >= 4 is 11.7 Å². The van der Waals surface area contributed by atoms with Crippen LogP contribution in [0.4, 0.5) is 5.69 Å². The summed E-state index contributed by atoms with van der Waals surface area (Å²) in [6.07, 6.45) is 0.421. The first-order valence-electron chi connectivity index (χ1n) is 5.77. The van der Waals surface area contributed by atoms with Crippen LogP contribution in [0.25, 0.3) is 0 Å². The summed E-state index contributed by atoms with van der Waals surface area (Å²) in [5.41, 5.74) is 0.891. The third-order valence-corrected chi connectivity index (χ3v) is 2.10. The molecule has 0 aliphatic rings. The molecule has 0 saturated heterocycles. The molecule has 4 nitrogen and oxygen atoms in total. The molecule has 1 aromatic rings. The van der Waals surface area contributed by atoms with Gasteiger partial charge in [-0.05, 0) is 30.2 Å². The molecule has 0 unspecified atom stereocenters. The van der Waals surface area contributed by atoms with Crippen molar-refractivity contribution in [2.45, 2.75) is 20.3 Å². The van der Waals surface area contributed by atoms with E-state index in [2.05, 4.69) is 5.32 Å². The van der Waals surface area contributed by atoms with E-state index in [0.717, 1.165) is 5.69 Å². The number of rotatable bonds is 6. The molecule has 0 aliphatic carbocycles. The maximum Gasteiger partial charge on any atom is 0.311 e. The smallest absolute Gasteiger partial charge is 0.311 e. The van der Waals surface area contributed by atoms with E-state index in [-0.39, 0.29) is 12.6 Å². The summed E-state index contributed by atoms with van der Waals surface area (Å²) >= 11 is 0. The number of aliphatic hydroxyl groups excluding tert-OH is 1. The average molecular weight is 237 g/mol. The number of ether oxygens (including phenoxy) is 1. The molecule has 0 fully saturated rings. The molecule has 0 heterocycles. The average Bonchev–Trinajstić information content (AvgIpc) is 2.27. The van der Waals surface area contributed by atoms with Crippen molar-refractivity contribution in [1.29, 1.82) is 0 Å². The Morgan fingerprint density at radius 1 is 1.35 bits per heavy atom. The van der Waals surface area contributed by atoms with Crippen molar-refractivity contribution in [1.82, 2.24) is 0 Å². The molecule has 1 aromatic carbocycles. The van der Waals surface area contributed by atoms with E-state index in [1.54, 1.807) is 12.1 Å². The van der Waals surface area contributed by atoms with Gasteiger partial charge in [0.05, 0.1) is 6.61 Å². The monoisotopic (exact) mass is 237 g/mol. The lowest BCUT2D eigenvalue weighted by Gasteiger charge is -2.08. The minimum Gasteiger partial charge on any atom is -0.427 e. The minimum absolute atomic E-state index is 0.0884. The van der Waals surface area contributed by atoms with E-state index in [4.69, 9.17) is 9.84 Å². The van der Waals surface area contributed by atoms with Crippen LogP contribution < -0.4 is 10.1 Å². The van der Waals surface area contributed by atoms with Crippen LogP contribution in [0, 0.1) is 5.92 Å². The highest BCUT2D eigenvalue weighted by Gasteiger charge is 2.07. The van der Waals surface area contributed by atoms with Crippen molar-refractivity contribution in [2.24, 2.45) is 5.92 Å². The number of carbonyl (C=O) groups is 1. The molecule has 0 bridgehead atoms. The van der Waals surface area contributed by atoms with E-state index < -0.39 is 0 Å². The largest absolute Gasteiger partial charge is 0.427 e. The van der Waals surface area contributed by atoms with Gasteiger partial charge in [0.15, 0.2) is 0 Å². The Balaban J connectivity index is 2.47. The molecular formula is C13H19NO3. The summed E-state index contributed by atoms with van der Waals surface area (Å²) in [6, 6.07) is 7.09. The van der Waals surface area contributed by atoms with Gasteiger partial charge in [0, 0.05) is 18.7 Å². The zero-order valence-electron chi connectivity index (χ0n) is 10.3. The summed E-state index contributed by atoms with van der Waals surface area (Å²) in [5, 5.41) is 11.7. The summed E-state index contributed by atoms with van der Waals surface area (Å²) in [7, 11) is 0. The van der Waals surface area contributed by atoms with Gasteiger partial charge < -0.3 is 15.2 Å². The number of carbonyl (C=O) groups excluding carboxylic acids is 1. The Bertz CT molecular complexity index is 346. The quantitative estimate of drug-likeness (QED) is 0.587. The van der Waals surface area contributed by atoms with Crippen molar-refractivity contribution in [3.8, 4) is 5.75 Å². The Morgan fingerprint density at radius 3 is 2.53 bits per heavy atom. The van der Waals surface area contributed by atoms with Gasteiger partial charge in [0.1, 0.15) is 5.75 Å². The van der Waals surface area contributed by atoms with Crippen molar-refractivity contribution in [3.63, 3.8) is 0 Å². The van der Waals surface area contributed by atoms with Gasteiger partial charge in [0.25, 0.3) is 0 Å². The Morgan fingerprint density at radius 2 is 2.00 bits per heavy atom. The molecule has 0 aromatic heterocycles. The molecule has 0 amide bonds. The van der Waals surface area contributed by atoms with E-state index in [0.29, 0.717) is 24.6 Å². The Kier molecular flexibility index (Phi) is 5.49. The first-order valence-corrected chi connectivity index (χ1v) is 5.77. The van der Waals surface area contributed by atoms with Crippen LogP contribution in [-0.4, -0.2) is 24.2 Å². The Labute approximate surface area is 102 Å². The molecule has 0 saturated carbocycles. The molecule has 0 radical (unpaired) electrons. The number of nitrogens with one attached hydrogen (secondary N) is 1. The van der Waals surface area contributed by atoms with Gasteiger partial charge in [-0.3, -0.25) is 4.79 Å². The first kappa shape index (κ1) is 13.5. The van der Waals surface area contributed by atoms with Crippen LogP contribution in [0.15, 0.2) is 24.3 Å². The third kappa shape index (κ3) is 5.36. The summed E-state index contributed by atoms with van der Waals surface area (Å²) in [6.45, 7) is 4.55. The molecule has 94 valence electrons. The van der Waals surface area contributed by atoms with E-state index in [9.17, 15) is 4.79 Å². The zero-order chi connectivity index (χ0) is 12.7. The van der Waals surface area contributed by atoms with Crippen LogP contribution in [0.5, 0.6) is 5.75 Å². The normalized spacial score (nSPS) is 10.4.